The molecule has 4 heteroatoms. The lowest BCUT2D eigenvalue weighted by Gasteiger charge is -2.36. The molecule has 2 rings (SSSR count). The van der Waals surface area contributed by atoms with E-state index < -0.39 is 0 Å². The minimum absolute atomic E-state index is 0.524. The molecule has 0 aromatic heterocycles. The van der Waals surface area contributed by atoms with Crippen LogP contribution in [0.25, 0.3) is 0 Å². The summed E-state index contributed by atoms with van der Waals surface area (Å²) in [5.74, 6) is 0.908. The van der Waals surface area contributed by atoms with Gasteiger partial charge in [0.15, 0.2) is 0 Å². The van der Waals surface area contributed by atoms with Crippen LogP contribution in [0.1, 0.15) is 24.0 Å². The van der Waals surface area contributed by atoms with Gasteiger partial charge in [0, 0.05) is 31.2 Å². The van der Waals surface area contributed by atoms with E-state index in [0.29, 0.717) is 12.6 Å². The summed E-state index contributed by atoms with van der Waals surface area (Å²) in [5.41, 5.74) is 8.09. The highest BCUT2D eigenvalue weighted by atomic mass is 16.5. The largest absolute Gasteiger partial charge is 0.496 e. The van der Waals surface area contributed by atoms with Crippen LogP contribution in [0.5, 0.6) is 5.75 Å². The maximum Gasteiger partial charge on any atom is 0.123 e. The summed E-state index contributed by atoms with van der Waals surface area (Å²) in [6.45, 7) is 3.85. The topological polar surface area (TPSA) is 41.7 Å². The van der Waals surface area contributed by atoms with Gasteiger partial charge in [0.05, 0.1) is 7.11 Å². The van der Waals surface area contributed by atoms with Gasteiger partial charge in [0.1, 0.15) is 5.75 Å². The molecule has 1 heterocycles. The Kier molecular flexibility index (Phi) is 5.40. The fraction of sp³-hybridized carbons (Fsp3) is 0.625. The van der Waals surface area contributed by atoms with E-state index in [-0.39, 0.29) is 0 Å². The molecule has 1 saturated heterocycles. The lowest BCUT2D eigenvalue weighted by atomic mass is 10.0. The van der Waals surface area contributed by atoms with Gasteiger partial charge in [-0.1, -0.05) is 12.1 Å². The summed E-state index contributed by atoms with van der Waals surface area (Å²) >= 11 is 0. The summed E-state index contributed by atoms with van der Waals surface area (Å²) < 4.78 is 5.42. The lowest BCUT2D eigenvalue weighted by molar-refractivity contribution is 0.128. The second-order valence-corrected chi connectivity index (χ2v) is 5.85. The van der Waals surface area contributed by atoms with Crippen LogP contribution in [0.4, 0.5) is 0 Å². The zero-order chi connectivity index (χ0) is 14.5. The predicted molar refractivity (Wildman–Crippen MR) is 82.9 cm³/mol. The van der Waals surface area contributed by atoms with Crippen molar-refractivity contribution in [1.82, 2.24) is 9.80 Å². The summed E-state index contributed by atoms with van der Waals surface area (Å²) in [7, 11) is 6.06. The highest BCUT2D eigenvalue weighted by molar-refractivity contribution is 5.37. The van der Waals surface area contributed by atoms with Crippen molar-refractivity contribution >= 4 is 0 Å². The highest BCUT2D eigenvalue weighted by Crippen LogP contribution is 2.22. The number of hydrogen-bond acceptors (Lipinski definition) is 4. The van der Waals surface area contributed by atoms with Crippen LogP contribution in [-0.4, -0.2) is 50.1 Å². The maximum absolute atomic E-state index is 5.72. The first-order valence-corrected chi connectivity index (χ1v) is 7.38. The van der Waals surface area contributed by atoms with Crippen LogP contribution in [0.2, 0.25) is 0 Å². The number of likely N-dealkylation sites (tertiary alicyclic amines) is 1. The molecule has 0 aliphatic carbocycles. The maximum atomic E-state index is 5.72. The van der Waals surface area contributed by atoms with Crippen molar-refractivity contribution in [2.75, 3.05) is 34.3 Å². The third-order valence-corrected chi connectivity index (χ3v) is 4.19. The molecule has 1 aliphatic heterocycles. The number of nitrogens with two attached hydrogens (primary N) is 1. The Labute approximate surface area is 122 Å². The molecule has 2 N–H and O–H groups in total. The van der Waals surface area contributed by atoms with Gasteiger partial charge in [0.2, 0.25) is 0 Å². The van der Waals surface area contributed by atoms with Crippen molar-refractivity contribution in [2.24, 2.45) is 5.73 Å². The van der Waals surface area contributed by atoms with Gasteiger partial charge < -0.3 is 15.4 Å². The molecule has 1 aromatic rings. The van der Waals surface area contributed by atoms with Crippen LogP contribution in [-0.2, 0) is 13.1 Å². The third-order valence-electron chi connectivity index (χ3n) is 4.19. The molecule has 0 radical (unpaired) electrons. The Morgan fingerprint density at radius 3 is 2.85 bits per heavy atom. The SMILES string of the molecule is COc1cc(CN2CCCC(N(C)C)C2)ccc1CN. The van der Waals surface area contributed by atoms with Crippen molar-refractivity contribution in [3.63, 3.8) is 0 Å². The smallest absolute Gasteiger partial charge is 0.123 e. The molecule has 112 valence electrons. The number of piperidine rings is 1. The molecule has 1 aliphatic rings. The molecule has 1 fully saturated rings. The number of ether oxygens (including phenoxy) is 1. The average molecular weight is 277 g/mol. The van der Waals surface area contributed by atoms with E-state index in [2.05, 4.69) is 42.1 Å². The van der Waals surface area contributed by atoms with Crippen molar-refractivity contribution in [3.8, 4) is 5.75 Å². The fourth-order valence-corrected chi connectivity index (χ4v) is 2.91. The van der Waals surface area contributed by atoms with E-state index in [1.807, 2.05) is 0 Å². The van der Waals surface area contributed by atoms with Crippen LogP contribution in [0.15, 0.2) is 18.2 Å². The number of methoxy groups -OCH3 is 1. The Morgan fingerprint density at radius 1 is 1.40 bits per heavy atom. The van der Waals surface area contributed by atoms with Gasteiger partial charge in [-0.3, -0.25) is 4.90 Å². The van der Waals surface area contributed by atoms with Gasteiger partial charge in [-0.2, -0.15) is 0 Å². The molecular formula is C16H27N3O. The average Bonchev–Trinajstić information content (AvgIpc) is 2.47. The molecule has 4 nitrogen and oxygen atoms in total. The van der Waals surface area contributed by atoms with Gasteiger partial charge in [0.25, 0.3) is 0 Å². The predicted octanol–water partition coefficient (Wildman–Crippen LogP) is 1.68. The van der Waals surface area contributed by atoms with Gasteiger partial charge >= 0.3 is 0 Å². The Hall–Kier alpha value is -1.10. The minimum atomic E-state index is 0.524. The second-order valence-electron chi connectivity index (χ2n) is 5.85. The highest BCUT2D eigenvalue weighted by Gasteiger charge is 2.21. The van der Waals surface area contributed by atoms with E-state index in [4.69, 9.17) is 10.5 Å². The van der Waals surface area contributed by atoms with Crippen molar-refractivity contribution in [1.29, 1.82) is 0 Å². The minimum Gasteiger partial charge on any atom is -0.496 e. The van der Waals surface area contributed by atoms with E-state index in [0.717, 1.165) is 24.4 Å². The van der Waals surface area contributed by atoms with Crippen LogP contribution in [0.3, 0.4) is 0 Å². The molecule has 0 spiro atoms. The van der Waals surface area contributed by atoms with Crippen molar-refractivity contribution in [2.45, 2.75) is 32.0 Å². The lowest BCUT2D eigenvalue weighted by Crippen LogP contribution is -2.44. The normalized spacial score (nSPS) is 20.4. The first-order valence-electron chi connectivity index (χ1n) is 7.38. The van der Waals surface area contributed by atoms with E-state index in [1.54, 1.807) is 7.11 Å². The van der Waals surface area contributed by atoms with Crippen LogP contribution >= 0.6 is 0 Å². The Morgan fingerprint density at radius 2 is 2.20 bits per heavy atom. The molecule has 1 aromatic carbocycles. The van der Waals surface area contributed by atoms with E-state index in [1.165, 1.54) is 24.9 Å². The molecule has 1 unspecified atom stereocenters. The van der Waals surface area contributed by atoms with Gasteiger partial charge in [-0.05, 0) is 45.1 Å². The second kappa shape index (κ2) is 7.07. The molecule has 0 bridgehead atoms. The van der Waals surface area contributed by atoms with Crippen molar-refractivity contribution in [3.05, 3.63) is 29.3 Å². The summed E-state index contributed by atoms with van der Waals surface area (Å²) in [4.78, 5) is 4.87. The molecular weight excluding hydrogens is 250 g/mol. The quantitative estimate of drug-likeness (QED) is 0.889. The zero-order valence-corrected chi connectivity index (χ0v) is 12.9. The molecule has 1 atom stereocenters. The van der Waals surface area contributed by atoms with E-state index >= 15 is 0 Å². The molecule has 20 heavy (non-hydrogen) atoms. The summed E-state index contributed by atoms with van der Waals surface area (Å²) in [5, 5.41) is 0. The monoisotopic (exact) mass is 277 g/mol. The van der Waals surface area contributed by atoms with Gasteiger partial charge in [-0.25, -0.2) is 0 Å². The Balaban J connectivity index is 2.02. The Bertz CT molecular complexity index is 434. The first-order chi connectivity index (χ1) is 9.63. The summed E-state index contributed by atoms with van der Waals surface area (Å²) in [6.07, 6.45) is 2.58. The molecule has 0 saturated carbocycles. The third kappa shape index (κ3) is 3.72. The zero-order valence-electron chi connectivity index (χ0n) is 12.9. The van der Waals surface area contributed by atoms with Gasteiger partial charge in [-0.15, -0.1) is 0 Å². The van der Waals surface area contributed by atoms with E-state index in [9.17, 15) is 0 Å². The number of rotatable bonds is 5. The van der Waals surface area contributed by atoms with Crippen LogP contribution in [0, 0.1) is 0 Å². The standard InChI is InChI=1S/C16H27N3O/c1-18(2)15-5-4-8-19(12-15)11-13-6-7-14(10-17)16(9-13)20-3/h6-7,9,15H,4-5,8,10-12,17H2,1-3H3. The number of benzene rings is 1. The fourth-order valence-electron chi connectivity index (χ4n) is 2.91. The first kappa shape index (κ1) is 15.3. The number of likely N-dealkylation sites (N-methyl/N-ethyl adjacent to an activating group) is 1. The number of hydrogen-bond donors (Lipinski definition) is 1. The van der Waals surface area contributed by atoms with Crippen molar-refractivity contribution < 1.29 is 4.74 Å². The molecule has 0 amide bonds. The van der Waals surface area contributed by atoms with Crippen LogP contribution < -0.4 is 10.5 Å². The summed E-state index contributed by atoms with van der Waals surface area (Å²) in [6, 6.07) is 7.06. The number of nitrogens with zero attached hydrogens (tertiary/aromatic N) is 2.